The van der Waals surface area contributed by atoms with E-state index in [1.54, 1.807) is 11.9 Å². The third-order valence-corrected chi connectivity index (χ3v) is 2.90. The molecule has 1 aliphatic heterocycles. The molecule has 0 unspecified atom stereocenters. The van der Waals surface area contributed by atoms with Crippen molar-refractivity contribution in [1.29, 1.82) is 0 Å². The van der Waals surface area contributed by atoms with Crippen molar-refractivity contribution in [1.82, 2.24) is 9.88 Å². The molecule has 1 fully saturated rings. The lowest BCUT2D eigenvalue weighted by Gasteiger charge is -2.32. The number of carbonyl (C=O) groups excluding carboxylic acids is 1. The summed E-state index contributed by atoms with van der Waals surface area (Å²) in [5, 5.41) is 2.55. The van der Waals surface area contributed by atoms with Crippen molar-refractivity contribution in [3.63, 3.8) is 0 Å². The molecule has 5 nitrogen and oxygen atoms in total. The fourth-order valence-electron chi connectivity index (χ4n) is 1.79. The average Bonchev–Trinajstić information content (AvgIpc) is 2.33. The largest absolute Gasteiger partial charge is 0.371 e. The average molecular weight is 256 g/mol. The zero-order valence-corrected chi connectivity index (χ0v) is 10.2. The monoisotopic (exact) mass is 256 g/mol. The van der Waals surface area contributed by atoms with Gasteiger partial charge in [0.2, 0.25) is 5.91 Å². The van der Waals surface area contributed by atoms with Gasteiger partial charge in [-0.2, -0.15) is 0 Å². The van der Waals surface area contributed by atoms with E-state index >= 15 is 0 Å². The van der Waals surface area contributed by atoms with Crippen molar-refractivity contribution in [3.05, 3.63) is 17.7 Å². The molecule has 0 atom stereocenters. The van der Waals surface area contributed by atoms with Gasteiger partial charge < -0.3 is 15.1 Å². The molecule has 1 amide bonds. The zero-order chi connectivity index (χ0) is 13.3. The van der Waals surface area contributed by atoms with Crippen LogP contribution in [0.25, 0.3) is 0 Å². The number of rotatable bonds is 2. The highest BCUT2D eigenvalue weighted by Gasteiger charge is 2.25. The van der Waals surface area contributed by atoms with Crippen molar-refractivity contribution in [3.8, 4) is 0 Å². The van der Waals surface area contributed by atoms with Crippen molar-refractivity contribution in [2.24, 2.45) is 0 Å². The maximum atomic E-state index is 13.7. The van der Waals surface area contributed by atoms with Gasteiger partial charge in [-0.05, 0) is 0 Å². The summed E-state index contributed by atoms with van der Waals surface area (Å²) in [6, 6.07) is 0.775. The summed E-state index contributed by atoms with van der Waals surface area (Å²) in [5.74, 6) is -1.65. The minimum absolute atomic E-state index is 0.00204. The summed E-state index contributed by atoms with van der Waals surface area (Å²) in [4.78, 5) is 18.5. The molecule has 7 heteroatoms. The van der Waals surface area contributed by atoms with Crippen LogP contribution < -0.4 is 10.2 Å². The van der Waals surface area contributed by atoms with Crippen LogP contribution in [0.15, 0.2) is 6.07 Å². The molecule has 0 spiro atoms. The predicted octanol–water partition coefficient (Wildman–Crippen LogP) is 0.680. The maximum absolute atomic E-state index is 13.7. The molecule has 2 heterocycles. The Labute approximate surface area is 103 Å². The van der Waals surface area contributed by atoms with Crippen LogP contribution >= 0.6 is 0 Å². The quantitative estimate of drug-likeness (QED) is 0.845. The third kappa shape index (κ3) is 2.20. The number of aromatic nitrogens is 1. The summed E-state index contributed by atoms with van der Waals surface area (Å²) >= 11 is 0. The van der Waals surface area contributed by atoms with Gasteiger partial charge in [-0.15, -0.1) is 0 Å². The maximum Gasteiger partial charge on any atom is 0.241 e. The van der Waals surface area contributed by atoms with E-state index in [4.69, 9.17) is 0 Å². The lowest BCUT2D eigenvalue weighted by molar-refractivity contribution is -0.129. The standard InChI is InChI=1S/C11H14F2N4O/c1-14-10-7(12)5-8(13)11(15-10)17-4-3-16(2)9(18)6-17/h5H,3-4,6H2,1-2H3,(H,14,15). The molecule has 0 saturated carbocycles. The molecule has 2 rings (SSSR count). The van der Waals surface area contributed by atoms with Crippen LogP contribution in [-0.2, 0) is 4.79 Å². The molecule has 0 radical (unpaired) electrons. The molecule has 1 saturated heterocycles. The van der Waals surface area contributed by atoms with Crippen molar-refractivity contribution in [2.45, 2.75) is 0 Å². The molecule has 1 aromatic rings. The van der Waals surface area contributed by atoms with E-state index in [2.05, 4.69) is 10.3 Å². The number of nitrogens with zero attached hydrogens (tertiary/aromatic N) is 3. The number of hydrogen-bond donors (Lipinski definition) is 1. The number of anilines is 2. The zero-order valence-electron chi connectivity index (χ0n) is 10.2. The summed E-state index contributed by atoms with van der Waals surface area (Å²) in [7, 11) is 3.19. The van der Waals surface area contributed by atoms with E-state index in [0.717, 1.165) is 6.07 Å². The molecule has 0 aromatic carbocycles. The van der Waals surface area contributed by atoms with E-state index in [9.17, 15) is 13.6 Å². The van der Waals surface area contributed by atoms with Gasteiger partial charge in [0.05, 0.1) is 6.54 Å². The van der Waals surface area contributed by atoms with Crippen LogP contribution in [0, 0.1) is 11.6 Å². The highest BCUT2D eigenvalue weighted by atomic mass is 19.1. The van der Waals surface area contributed by atoms with Crippen LogP contribution in [0.2, 0.25) is 0 Å². The Balaban J connectivity index is 2.30. The molecule has 1 aliphatic rings. The molecule has 0 aliphatic carbocycles. The van der Waals surface area contributed by atoms with Crippen LogP contribution in [0.1, 0.15) is 0 Å². The second-order valence-electron chi connectivity index (χ2n) is 4.11. The van der Waals surface area contributed by atoms with E-state index in [1.165, 1.54) is 11.9 Å². The first-order chi connectivity index (χ1) is 8.52. The summed E-state index contributed by atoms with van der Waals surface area (Å²) in [6.45, 7) is 1.02. The van der Waals surface area contributed by atoms with Gasteiger partial charge >= 0.3 is 0 Å². The van der Waals surface area contributed by atoms with Gasteiger partial charge in [-0.25, -0.2) is 13.8 Å². The summed E-state index contributed by atoms with van der Waals surface area (Å²) in [5.41, 5.74) is 0. The number of pyridine rings is 1. The Kier molecular flexibility index (Phi) is 3.31. The predicted molar refractivity (Wildman–Crippen MR) is 63.5 cm³/mol. The molecular weight excluding hydrogens is 242 g/mol. The summed E-state index contributed by atoms with van der Waals surface area (Å²) < 4.78 is 27.0. The van der Waals surface area contributed by atoms with E-state index in [0.29, 0.717) is 13.1 Å². The van der Waals surface area contributed by atoms with Crippen molar-refractivity contribution in [2.75, 3.05) is 43.9 Å². The summed E-state index contributed by atoms with van der Waals surface area (Å²) in [6.07, 6.45) is 0. The fourth-order valence-corrected chi connectivity index (χ4v) is 1.79. The van der Waals surface area contributed by atoms with E-state index in [-0.39, 0.29) is 24.1 Å². The first kappa shape index (κ1) is 12.5. The Hall–Kier alpha value is -1.92. The number of nitrogens with one attached hydrogen (secondary N) is 1. The Morgan fingerprint density at radius 2 is 2.06 bits per heavy atom. The first-order valence-electron chi connectivity index (χ1n) is 5.55. The molecular formula is C11H14F2N4O. The van der Waals surface area contributed by atoms with Gasteiger partial charge in [-0.1, -0.05) is 0 Å². The number of piperazine rings is 1. The number of hydrogen-bond acceptors (Lipinski definition) is 4. The van der Waals surface area contributed by atoms with Crippen LogP contribution in [-0.4, -0.2) is 49.5 Å². The molecule has 1 N–H and O–H groups in total. The van der Waals surface area contributed by atoms with Gasteiger partial charge in [0.1, 0.15) is 0 Å². The minimum atomic E-state index is -0.760. The number of halogens is 2. The Bertz CT molecular complexity index is 480. The number of likely N-dealkylation sites (N-methyl/N-ethyl adjacent to an activating group) is 1. The lowest BCUT2D eigenvalue weighted by atomic mass is 10.3. The van der Waals surface area contributed by atoms with Crippen LogP contribution in [0.3, 0.4) is 0 Å². The second-order valence-corrected chi connectivity index (χ2v) is 4.11. The normalized spacial score (nSPS) is 16.1. The topological polar surface area (TPSA) is 48.5 Å². The fraction of sp³-hybridized carbons (Fsp3) is 0.455. The van der Waals surface area contributed by atoms with Crippen LogP contribution in [0.4, 0.5) is 20.4 Å². The van der Waals surface area contributed by atoms with Gasteiger partial charge in [-0.3, -0.25) is 4.79 Å². The van der Waals surface area contributed by atoms with Gasteiger partial charge in [0, 0.05) is 33.3 Å². The van der Waals surface area contributed by atoms with Gasteiger partial charge in [0.25, 0.3) is 0 Å². The molecule has 18 heavy (non-hydrogen) atoms. The SMILES string of the molecule is CNc1nc(N2CCN(C)C(=O)C2)c(F)cc1F. The van der Waals surface area contributed by atoms with E-state index in [1.807, 2.05) is 0 Å². The third-order valence-electron chi connectivity index (χ3n) is 2.90. The lowest BCUT2D eigenvalue weighted by Crippen LogP contribution is -2.49. The van der Waals surface area contributed by atoms with E-state index < -0.39 is 11.6 Å². The number of amides is 1. The first-order valence-corrected chi connectivity index (χ1v) is 5.55. The molecule has 1 aromatic heterocycles. The van der Waals surface area contributed by atoms with Crippen molar-refractivity contribution < 1.29 is 13.6 Å². The molecule has 98 valence electrons. The van der Waals surface area contributed by atoms with Gasteiger partial charge in [0.15, 0.2) is 23.3 Å². The molecule has 0 bridgehead atoms. The smallest absolute Gasteiger partial charge is 0.241 e. The van der Waals surface area contributed by atoms with Crippen LogP contribution in [0.5, 0.6) is 0 Å². The van der Waals surface area contributed by atoms with Crippen molar-refractivity contribution >= 4 is 17.5 Å². The highest BCUT2D eigenvalue weighted by molar-refractivity contribution is 5.82. The Morgan fingerprint density at radius 1 is 1.33 bits per heavy atom. The Morgan fingerprint density at radius 3 is 2.67 bits per heavy atom. The minimum Gasteiger partial charge on any atom is -0.371 e. The number of carbonyl (C=O) groups is 1. The highest BCUT2D eigenvalue weighted by Crippen LogP contribution is 2.23. The second kappa shape index (κ2) is 4.75.